The first-order chi connectivity index (χ1) is 8.42. The molecule has 4 nitrogen and oxygen atoms in total. The lowest BCUT2D eigenvalue weighted by atomic mass is 9.85. The smallest absolute Gasteiger partial charge is 0.0936 e. The van der Waals surface area contributed by atoms with E-state index in [0.29, 0.717) is 12.0 Å². The molecule has 106 valence electrons. The Kier molecular flexibility index (Phi) is 4.32. The lowest BCUT2D eigenvalue weighted by molar-refractivity contribution is -0.0982. The second kappa shape index (κ2) is 5.45. The minimum atomic E-state index is -0.0283. The van der Waals surface area contributed by atoms with Gasteiger partial charge in [-0.15, -0.1) is 0 Å². The van der Waals surface area contributed by atoms with Crippen molar-refractivity contribution in [3.8, 4) is 0 Å². The van der Waals surface area contributed by atoms with Gasteiger partial charge in [-0.2, -0.15) is 0 Å². The first kappa shape index (κ1) is 14.3. The third-order valence-corrected chi connectivity index (χ3v) is 4.67. The molecule has 4 atom stereocenters. The summed E-state index contributed by atoms with van der Waals surface area (Å²) in [4.78, 5) is 2.42. The normalized spacial score (nSPS) is 41.2. The van der Waals surface area contributed by atoms with Gasteiger partial charge >= 0.3 is 0 Å². The summed E-state index contributed by atoms with van der Waals surface area (Å²) in [5.74, 6) is 0.588. The van der Waals surface area contributed by atoms with Crippen LogP contribution in [0.3, 0.4) is 0 Å². The molecule has 2 aliphatic rings. The molecule has 0 aromatic rings. The minimum absolute atomic E-state index is 0.0283. The molecule has 0 aromatic carbocycles. The average Bonchev–Trinajstić information content (AvgIpc) is 2.55. The van der Waals surface area contributed by atoms with Crippen molar-refractivity contribution < 1.29 is 9.84 Å². The highest BCUT2D eigenvalue weighted by Crippen LogP contribution is 2.40. The number of aliphatic hydroxyl groups is 1. The Balaban J connectivity index is 1.89. The van der Waals surface area contributed by atoms with E-state index in [1.165, 1.54) is 12.8 Å². The van der Waals surface area contributed by atoms with E-state index in [4.69, 9.17) is 10.5 Å². The third kappa shape index (κ3) is 3.05. The van der Waals surface area contributed by atoms with Crippen LogP contribution in [0.2, 0.25) is 0 Å². The Bertz CT molecular complexity index is 283. The van der Waals surface area contributed by atoms with Crippen molar-refractivity contribution in [3.63, 3.8) is 0 Å². The number of rotatable bonds is 3. The van der Waals surface area contributed by atoms with Crippen molar-refractivity contribution in [2.45, 2.75) is 51.9 Å². The maximum atomic E-state index is 9.25. The summed E-state index contributed by atoms with van der Waals surface area (Å²) in [7, 11) is 0. The van der Waals surface area contributed by atoms with E-state index >= 15 is 0 Å². The number of aliphatic hydroxyl groups excluding tert-OH is 1. The predicted molar refractivity (Wildman–Crippen MR) is 72.3 cm³/mol. The molecule has 1 aliphatic carbocycles. The number of nitrogens with two attached hydrogens (primary N) is 1. The van der Waals surface area contributed by atoms with Gasteiger partial charge in [0.25, 0.3) is 0 Å². The molecular weight excluding hydrogens is 228 g/mol. The summed E-state index contributed by atoms with van der Waals surface area (Å²) in [6.07, 6.45) is 2.63. The molecule has 1 aliphatic heterocycles. The quantitative estimate of drug-likeness (QED) is 0.785. The molecule has 0 amide bonds. The average molecular weight is 256 g/mol. The van der Waals surface area contributed by atoms with E-state index in [1.807, 2.05) is 0 Å². The van der Waals surface area contributed by atoms with Gasteiger partial charge in [0, 0.05) is 25.7 Å². The first-order valence-corrected chi connectivity index (χ1v) is 7.16. The van der Waals surface area contributed by atoms with Gasteiger partial charge in [0.1, 0.15) is 0 Å². The fourth-order valence-corrected chi connectivity index (χ4v) is 3.47. The van der Waals surface area contributed by atoms with Crippen molar-refractivity contribution in [2.24, 2.45) is 17.1 Å². The number of hydrogen-bond acceptors (Lipinski definition) is 4. The van der Waals surface area contributed by atoms with Gasteiger partial charge in [-0.05, 0) is 31.1 Å². The molecule has 0 bridgehead atoms. The standard InChI is InChI=1S/C14H28N2O2/c1-10-6-16(8-12(9-17)18-10)7-11-4-5-14(2,3)13(11)15/h10-13,17H,4-9,15H2,1-3H3. The summed E-state index contributed by atoms with van der Waals surface area (Å²) >= 11 is 0. The van der Waals surface area contributed by atoms with Gasteiger partial charge in [0.15, 0.2) is 0 Å². The van der Waals surface area contributed by atoms with E-state index in [9.17, 15) is 5.11 Å². The summed E-state index contributed by atoms with van der Waals surface area (Å²) < 4.78 is 5.68. The van der Waals surface area contributed by atoms with Gasteiger partial charge in [0.05, 0.1) is 18.8 Å². The van der Waals surface area contributed by atoms with E-state index in [-0.39, 0.29) is 24.2 Å². The highest BCUT2D eigenvalue weighted by molar-refractivity contribution is 4.95. The Labute approximate surface area is 110 Å². The van der Waals surface area contributed by atoms with Crippen LogP contribution in [0, 0.1) is 11.3 Å². The van der Waals surface area contributed by atoms with E-state index in [0.717, 1.165) is 19.6 Å². The molecule has 18 heavy (non-hydrogen) atoms. The van der Waals surface area contributed by atoms with Crippen LogP contribution in [0.4, 0.5) is 0 Å². The van der Waals surface area contributed by atoms with Gasteiger partial charge in [-0.1, -0.05) is 13.8 Å². The Morgan fingerprint density at radius 1 is 1.39 bits per heavy atom. The molecule has 0 spiro atoms. The third-order valence-electron chi connectivity index (χ3n) is 4.67. The van der Waals surface area contributed by atoms with Crippen molar-refractivity contribution >= 4 is 0 Å². The monoisotopic (exact) mass is 256 g/mol. The Morgan fingerprint density at radius 3 is 2.67 bits per heavy atom. The Morgan fingerprint density at radius 2 is 2.11 bits per heavy atom. The van der Waals surface area contributed by atoms with Crippen LogP contribution in [0.15, 0.2) is 0 Å². The second-order valence-electron chi connectivity index (χ2n) is 6.78. The van der Waals surface area contributed by atoms with E-state index < -0.39 is 0 Å². The number of hydrogen-bond donors (Lipinski definition) is 2. The maximum Gasteiger partial charge on any atom is 0.0936 e. The van der Waals surface area contributed by atoms with Crippen molar-refractivity contribution in [1.82, 2.24) is 4.90 Å². The molecule has 3 N–H and O–H groups in total. The highest BCUT2D eigenvalue weighted by atomic mass is 16.5. The van der Waals surface area contributed by atoms with Crippen molar-refractivity contribution in [2.75, 3.05) is 26.2 Å². The van der Waals surface area contributed by atoms with Gasteiger partial charge in [-0.25, -0.2) is 0 Å². The SMILES string of the molecule is CC1CN(CC2CCC(C)(C)C2N)CC(CO)O1. The number of nitrogens with zero attached hydrogens (tertiary/aromatic N) is 1. The summed E-state index contributed by atoms with van der Waals surface area (Å²) in [5.41, 5.74) is 6.65. The van der Waals surface area contributed by atoms with Crippen LogP contribution < -0.4 is 5.73 Å². The first-order valence-electron chi connectivity index (χ1n) is 7.16. The minimum Gasteiger partial charge on any atom is -0.394 e. The molecule has 0 radical (unpaired) electrons. The second-order valence-corrected chi connectivity index (χ2v) is 6.78. The lowest BCUT2D eigenvalue weighted by Crippen LogP contribution is -2.51. The molecule has 1 saturated carbocycles. The van der Waals surface area contributed by atoms with Crippen LogP contribution in [0.1, 0.15) is 33.6 Å². The summed E-state index contributed by atoms with van der Waals surface area (Å²) in [5, 5.41) is 9.25. The number of morpholine rings is 1. The van der Waals surface area contributed by atoms with E-state index in [1.54, 1.807) is 0 Å². The molecule has 1 heterocycles. The van der Waals surface area contributed by atoms with Crippen molar-refractivity contribution in [1.29, 1.82) is 0 Å². The topological polar surface area (TPSA) is 58.7 Å². The fraction of sp³-hybridized carbons (Fsp3) is 1.00. The highest BCUT2D eigenvalue weighted by Gasteiger charge is 2.40. The van der Waals surface area contributed by atoms with E-state index in [2.05, 4.69) is 25.7 Å². The largest absolute Gasteiger partial charge is 0.394 e. The zero-order chi connectivity index (χ0) is 13.3. The molecule has 0 aromatic heterocycles. The van der Waals surface area contributed by atoms with Crippen LogP contribution in [-0.2, 0) is 4.74 Å². The van der Waals surface area contributed by atoms with Gasteiger partial charge in [0.2, 0.25) is 0 Å². The molecular formula is C14H28N2O2. The predicted octanol–water partition coefficient (Wildman–Crippen LogP) is 0.832. The van der Waals surface area contributed by atoms with Crippen molar-refractivity contribution in [3.05, 3.63) is 0 Å². The molecule has 4 heteroatoms. The molecule has 2 fully saturated rings. The van der Waals surface area contributed by atoms with Crippen LogP contribution >= 0.6 is 0 Å². The summed E-state index contributed by atoms with van der Waals surface area (Å²) in [6, 6.07) is 0.295. The van der Waals surface area contributed by atoms with Crippen LogP contribution in [0.5, 0.6) is 0 Å². The van der Waals surface area contributed by atoms with Gasteiger partial charge in [-0.3, -0.25) is 4.90 Å². The van der Waals surface area contributed by atoms with Gasteiger partial charge < -0.3 is 15.6 Å². The fourth-order valence-electron chi connectivity index (χ4n) is 3.47. The Hall–Kier alpha value is -0.160. The zero-order valence-electron chi connectivity index (χ0n) is 11.9. The molecule has 2 rings (SSSR count). The summed E-state index contributed by atoms with van der Waals surface area (Å²) in [6.45, 7) is 9.59. The zero-order valence-corrected chi connectivity index (χ0v) is 11.9. The number of ether oxygens (including phenoxy) is 1. The molecule has 4 unspecified atom stereocenters. The maximum absolute atomic E-state index is 9.25. The van der Waals surface area contributed by atoms with Crippen LogP contribution in [-0.4, -0.2) is 54.5 Å². The van der Waals surface area contributed by atoms with Crippen LogP contribution in [0.25, 0.3) is 0 Å². The lowest BCUT2D eigenvalue weighted by Gasteiger charge is -2.38. The molecule has 1 saturated heterocycles.